The molecule has 2 aromatic rings. The molecule has 0 bridgehead atoms. The summed E-state index contributed by atoms with van der Waals surface area (Å²) in [6.07, 6.45) is 3.89. The molecule has 0 saturated heterocycles. The summed E-state index contributed by atoms with van der Waals surface area (Å²) in [5.74, 6) is 0.292. The van der Waals surface area contributed by atoms with E-state index in [1.165, 1.54) is 5.56 Å². The third-order valence-corrected chi connectivity index (χ3v) is 7.96. The first-order valence-electron chi connectivity index (χ1n) is 9.21. The zero-order valence-electron chi connectivity index (χ0n) is 14.6. The molecule has 0 radical (unpaired) electrons. The SMILES string of the molecule is O=C1c2ccccc2C(=O)C(Br)(Br)C1C1CCC(c2ccc(Cl)cc2)CC1. The maximum absolute atomic E-state index is 13.2. The standard InChI is InChI=1S/C22H19Br2ClO2/c23-22(24)19(20(26)17-3-1-2-4-18(17)21(22)27)15-7-5-13(6-8-15)14-9-11-16(25)12-10-14/h1-4,9-13,15,19H,5-8H2. The van der Waals surface area contributed by atoms with Crippen molar-refractivity contribution in [3.05, 3.63) is 70.2 Å². The second kappa shape index (κ2) is 7.46. The van der Waals surface area contributed by atoms with Gasteiger partial charge in [0.1, 0.15) is 0 Å². The van der Waals surface area contributed by atoms with Gasteiger partial charge in [-0.3, -0.25) is 9.59 Å². The monoisotopic (exact) mass is 508 g/mol. The Bertz CT molecular complexity index is 883. The first kappa shape index (κ1) is 19.4. The Morgan fingerprint density at radius 1 is 0.852 bits per heavy atom. The number of carbonyl (C=O) groups is 2. The van der Waals surface area contributed by atoms with Crippen LogP contribution in [0.15, 0.2) is 48.5 Å². The van der Waals surface area contributed by atoms with E-state index < -0.39 is 3.23 Å². The third-order valence-electron chi connectivity index (χ3n) is 6.00. The minimum Gasteiger partial charge on any atom is -0.294 e. The summed E-state index contributed by atoms with van der Waals surface area (Å²) in [7, 11) is 0. The van der Waals surface area contributed by atoms with Gasteiger partial charge in [-0.25, -0.2) is 0 Å². The molecule has 2 aliphatic rings. The number of ketones is 2. The number of alkyl halides is 2. The Kier molecular flexibility index (Phi) is 5.34. The number of halogens is 3. The average Bonchev–Trinajstić information content (AvgIpc) is 2.67. The van der Waals surface area contributed by atoms with Crippen LogP contribution in [-0.2, 0) is 0 Å². The van der Waals surface area contributed by atoms with Gasteiger partial charge in [0.05, 0.1) is 5.92 Å². The largest absolute Gasteiger partial charge is 0.294 e. The number of hydrogen-bond acceptors (Lipinski definition) is 2. The maximum atomic E-state index is 13.2. The highest BCUT2D eigenvalue weighted by molar-refractivity contribution is 9.26. The molecule has 140 valence electrons. The Balaban J connectivity index is 1.56. The summed E-state index contributed by atoms with van der Waals surface area (Å²) in [6.45, 7) is 0. The molecule has 0 aromatic heterocycles. The molecule has 0 N–H and O–H groups in total. The fourth-order valence-electron chi connectivity index (χ4n) is 4.58. The fraction of sp³-hybridized carbons (Fsp3) is 0.364. The van der Waals surface area contributed by atoms with Crippen molar-refractivity contribution in [2.24, 2.45) is 11.8 Å². The summed E-state index contributed by atoms with van der Waals surface area (Å²) >= 11 is 13.1. The maximum Gasteiger partial charge on any atom is 0.191 e. The van der Waals surface area contributed by atoms with E-state index in [0.717, 1.165) is 30.7 Å². The molecule has 1 saturated carbocycles. The first-order chi connectivity index (χ1) is 12.9. The van der Waals surface area contributed by atoms with Crippen LogP contribution in [0.4, 0.5) is 0 Å². The molecular weight excluding hydrogens is 492 g/mol. The van der Waals surface area contributed by atoms with Gasteiger partial charge >= 0.3 is 0 Å². The molecule has 1 fully saturated rings. The molecule has 0 spiro atoms. The smallest absolute Gasteiger partial charge is 0.191 e. The third kappa shape index (κ3) is 3.45. The Morgan fingerprint density at radius 3 is 2.07 bits per heavy atom. The van der Waals surface area contributed by atoms with Crippen LogP contribution in [0.5, 0.6) is 0 Å². The molecule has 5 heteroatoms. The number of Topliss-reactive ketones (excluding diaryl/α,β-unsaturated/α-hetero) is 2. The second-order valence-corrected chi connectivity index (χ2v) is 11.5. The van der Waals surface area contributed by atoms with Gasteiger partial charge in [-0.05, 0) is 55.2 Å². The van der Waals surface area contributed by atoms with Gasteiger partial charge < -0.3 is 0 Å². The van der Waals surface area contributed by atoms with Gasteiger partial charge in [-0.15, -0.1) is 0 Å². The number of rotatable bonds is 2. The van der Waals surface area contributed by atoms with Gasteiger partial charge in [0.25, 0.3) is 0 Å². The molecule has 4 rings (SSSR count). The van der Waals surface area contributed by atoms with E-state index in [4.69, 9.17) is 11.6 Å². The summed E-state index contributed by atoms with van der Waals surface area (Å²) in [6, 6.07) is 15.2. The van der Waals surface area contributed by atoms with Crippen molar-refractivity contribution in [2.45, 2.75) is 34.8 Å². The van der Waals surface area contributed by atoms with Crippen LogP contribution < -0.4 is 0 Å². The molecule has 1 unspecified atom stereocenters. The lowest BCUT2D eigenvalue weighted by molar-refractivity contribution is 0.0742. The number of hydrogen-bond donors (Lipinski definition) is 0. The first-order valence-corrected chi connectivity index (χ1v) is 11.2. The van der Waals surface area contributed by atoms with Gasteiger partial charge in [0.2, 0.25) is 0 Å². The van der Waals surface area contributed by atoms with Gasteiger partial charge in [0.15, 0.2) is 14.8 Å². The predicted molar refractivity (Wildman–Crippen MR) is 115 cm³/mol. The molecule has 0 amide bonds. The zero-order valence-corrected chi connectivity index (χ0v) is 18.6. The van der Waals surface area contributed by atoms with Gasteiger partial charge in [0, 0.05) is 16.1 Å². The number of benzene rings is 2. The van der Waals surface area contributed by atoms with Crippen LogP contribution in [-0.4, -0.2) is 14.8 Å². The lowest BCUT2D eigenvalue weighted by Gasteiger charge is -2.41. The summed E-state index contributed by atoms with van der Waals surface area (Å²) in [4.78, 5) is 26.2. The minimum absolute atomic E-state index is 0.0532. The highest BCUT2D eigenvalue weighted by atomic mass is 79.9. The molecule has 2 nitrogen and oxygen atoms in total. The van der Waals surface area contributed by atoms with Crippen LogP contribution in [0.3, 0.4) is 0 Å². The van der Waals surface area contributed by atoms with E-state index in [2.05, 4.69) is 44.0 Å². The number of fused-ring (bicyclic) bond motifs is 1. The fourth-order valence-corrected chi connectivity index (χ4v) is 6.30. The normalized spacial score (nSPS) is 27.3. The molecule has 2 aromatic carbocycles. The molecule has 27 heavy (non-hydrogen) atoms. The van der Waals surface area contributed by atoms with E-state index >= 15 is 0 Å². The summed E-state index contributed by atoms with van der Waals surface area (Å²) in [5.41, 5.74) is 2.36. The van der Waals surface area contributed by atoms with E-state index in [9.17, 15) is 9.59 Å². The quantitative estimate of drug-likeness (QED) is 0.417. The molecule has 0 aliphatic heterocycles. The van der Waals surface area contributed by atoms with Crippen LogP contribution in [0.2, 0.25) is 5.02 Å². The lowest BCUT2D eigenvalue weighted by atomic mass is 9.68. The van der Waals surface area contributed by atoms with E-state index in [0.29, 0.717) is 17.0 Å². The van der Waals surface area contributed by atoms with Crippen LogP contribution in [0.25, 0.3) is 0 Å². The van der Waals surface area contributed by atoms with Crippen LogP contribution >= 0.6 is 43.5 Å². The van der Waals surface area contributed by atoms with Crippen LogP contribution in [0.1, 0.15) is 57.9 Å². The van der Waals surface area contributed by atoms with E-state index in [-0.39, 0.29) is 23.4 Å². The van der Waals surface area contributed by atoms with E-state index in [1.54, 1.807) is 18.2 Å². The molecular formula is C22H19Br2ClO2. The van der Waals surface area contributed by atoms with Crippen molar-refractivity contribution in [1.29, 1.82) is 0 Å². The Morgan fingerprint density at radius 2 is 1.44 bits per heavy atom. The van der Waals surface area contributed by atoms with Crippen molar-refractivity contribution in [3.8, 4) is 0 Å². The van der Waals surface area contributed by atoms with Crippen molar-refractivity contribution < 1.29 is 9.59 Å². The van der Waals surface area contributed by atoms with Crippen molar-refractivity contribution in [1.82, 2.24) is 0 Å². The van der Waals surface area contributed by atoms with Gasteiger partial charge in [-0.2, -0.15) is 0 Å². The Labute approximate surface area is 180 Å². The average molecular weight is 511 g/mol. The molecule has 0 heterocycles. The van der Waals surface area contributed by atoms with Crippen molar-refractivity contribution in [3.63, 3.8) is 0 Å². The molecule has 1 atom stereocenters. The summed E-state index contributed by atoms with van der Waals surface area (Å²) in [5, 5.41) is 0.751. The lowest BCUT2D eigenvalue weighted by Crippen LogP contribution is -2.48. The van der Waals surface area contributed by atoms with Crippen LogP contribution in [0, 0.1) is 11.8 Å². The minimum atomic E-state index is -1.01. The highest BCUT2D eigenvalue weighted by Crippen LogP contribution is 2.51. The van der Waals surface area contributed by atoms with Crippen molar-refractivity contribution in [2.75, 3.05) is 0 Å². The second-order valence-electron chi connectivity index (χ2n) is 7.50. The van der Waals surface area contributed by atoms with Crippen molar-refractivity contribution >= 4 is 55.0 Å². The Hall–Kier alpha value is -0.970. The zero-order chi connectivity index (χ0) is 19.2. The highest BCUT2D eigenvalue weighted by Gasteiger charge is 2.53. The van der Waals surface area contributed by atoms with E-state index in [1.807, 2.05) is 18.2 Å². The summed E-state index contributed by atoms with van der Waals surface area (Å²) < 4.78 is -1.01. The van der Waals surface area contributed by atoms with Gasteiger partial charge in [-0.1, -0.05) is 79.9 Å². The topological polar surface area (TPSA) is 34.1 Å². The molecule has 2 aliphatic carbocycles. The number of carbonyl (C=O) groups excluding carboxylic acids is 2. The predicted octanol–water partition coefficient (Wildman–Crippen LogP) is 6.80.